The lowest BCUT2D eigenvalue weighted by molar-refractivity contribution is -0.117. The molecule has 3 aromatic carbocycles. The minimum atomic E-state index is -0.604. The number of halogens is 1. The molecule has 0 fully saturated rings. The van der Waals surface area contributed by atoms with E-state index in [4.69, 9.17) is 30.5 Å². The number of ether oxygens (including phenoxy) is 4. The van der Waals surface area contributed by atoms with Crippen molar-refractivity contribution < 1.29 is 28.5 Å². The second kappa shape index (κ2) is 10.8. The van der Waals surface area contributed by atoms with E-state index in [0.29, 0.717) is 51.4 Å². The molecule has 1 aliphatic rings. The average molecular weight is 511 g/mol. The van der Waals surface area contributed by atoms with Crippen molar-refractivity contribution in [1.29, 1.82) is 0 Å². The van der Waals surface area contributed by atoms with Crippen molar-refractivity contribution in [3.05, 3.63) is 76.3 Å². The van der Waals surface area contributed by atoms with Crippen LogP contribution in [0.3, 0.4) is 0 Å². The van der Waals surface area contributed by atoms with Gasteiger partial charge in [0.2, 0.25) is 11.7 Å². The number of benzene rings is 3. The average Bonchev–Trinajstić information content (AvgIpc) is 3.22. The summed E-state index contributed by atoms with van der Waals surface area (Å²) in [5, 5.41) is 3.25. The first-order chi connectivity index (χ1) is 17.4. The highest BCUT2D eigenvalue weighted by Crippen LogP contribution is 2.43. The van der Waals surface area contributed by atoms with Crippen LogP contribution in [-0.4, -0.2) is 45.2 Å². The molecule has 1 atom stereocenters. The van der Waals surface area contributed by atoms with Crippen LogP contribution >= 0.6 is 11.6 Å². The number of amides is 2. The van der Waals surface area contributed by atoms with E-state index in [2.05, 4.69) is 5.32 Å². The molecule has 0 saturated heterocycles. The molecule has 1 unspecified atom stereocenters. The Hall–Kier alpha value is -3.91. The van der Waals surface area contributed by atoms with Gasteiger partial charge < -0.3 is 29.2 Å². The maximum Gasteiger partial charge on any atom is 0.255 e. The maximum atomic E-state index is 13.4. The Morgan fingerprint density at radius 1 is 0.944 bits per heavy atom. The van der Waals surface area contributed by atoms with Crippen LogP contribution in [0.15, 0.2) is 54.6 Å². The first kappa shape index (κ1) is 25.2. The van der Waals surface area contributed by atoms with Crippen LogP contribution in [0.1, 0.15) is 33.9 Å². The number of nitrogens with one attached hydrogen (secondary N) is 1. The zero-order valence-corrected chi connectivity index (χ0v) is 21.2. The molecular formula is C27H27ClN2O6. The Labute approximate surface area is 214 Å². The van der Waals surface area contributed by atoms with Crippen molar-refractivity contribution in [3.63, 3.8) is 0 Å². The van der Waals surface area contributed by atoms with E-state index < -0.39 is 6.04 Å². The standard InChI is InChI=1S/C27H27ClN2O6/c1-33-22-10-9-18(13-20(22)28)29-25(31)14-21(30-15-16-7-5-6-8-19(16)27(30)32)17-11-23(34-2)26(36-4)24(12-17)35-3/h5-13,21H,14-15H2,1-4H3,(H,29,31). The van der Waals surface area contributed by atoms with Crippen LogP contribution in [0, 0.1) is 0 Å². The first-order valence-electron chi connectivity index (χ1n) is 11.2. The van der Waals surface area contributed by atoms with E-state index in [1.54, 1.807) is 41.3 Å². The lowest BCUT2D eigenvalue weighted by Crippen LogP contribution is -2.32. The Kier molecular flexibility index (Phi) is 7.55. The molecule has 1 N–H and O–H groups in total. The monoisotopic (exact) mass is 510 g/mol. The fourth-order valence-electron chi connectivity index (χ4n) is 4.36. The van der Waals surface area contributed by atoms with Crippen LogP contribution in [0.2, 0.25) is 5.02 Å². The lowest BCUT2D eigenvalue weighted by atomic mass is 10.00. The molecule has 1 heterocycles. The summed E-state index contributed by atoms with van der Waals surface area (Å²) in [6.45, 7) is 0.373. The van der Waals surface area contributed by atoms with Gasteiger partial charge in [-0.1, -0.05) is 29.8 Å². The molecule has 0 aromatic heterocycles. The Morgan fingerprint density at radius 3 is 2.19 bits per heavy atom. The van der Waals surface area contributed by atoms with E-state index in [9.17, 15) is 9.59 Å². The molecule has 8 nitrogen and oxygen atoms in total. The lowest BCUT2D eigenvalue weighted by Gasteiger charge is -2.29. The number of hydrogen-bond donors (Lipinski definition) is 1. The minimum absolute atomic E-state index is 0.0119. The van der Waals surface area contributed by atoms with Crippen molar-refractivity contribution in [2.75, 3.05) is 33.8 Å². The second-order valence-corrected chi connectivity index (χ2v) is 8.57. The van der Waals surface area contributed by atoms with E-state index >= 15 is 0 Å². The summed E-state index contributed by atoms with van der Waals surface area (Å²) in [4.78, 5) is 28.3. The fraction of sp³-hybridized carbons (Fsp3) is 0.259. The predicted molar refractivity (Wildman–Crippen MR) is 136 cm³/mol. The summed E-state index contributed by atoms with van der Waals surface area (Å²) >= 11 is 6.22. The zero-order chi connectivity index (χ0) is 25.8. The van der Waals surface area contributed by atoms with Gasteiger partial charge in [0.1, 0.15) is 5.75 Å². The molecule has 4 rings (SSSR count). The Morgan fingerprint density at radius 2 is 1.61 bits per heavy atom. The third kappa shape index (κ3) is 4.90. The topological polar surface area (TPSA) is 86.3 Å². The van der Waals surface area contributed by atoms with Crippen molar-refractivity contribution in [1.82, 2.24) is 4.90 Å². The highest BCUT2D eigenvalue weighted by atomic mass is 35.5. The summed E-state index contributed by atoms with van der Waals surface area (Å²) < 4.78 is 21.7. The van der Waals surface area contributed by atoms with Gasteiger partial charge in [-0.3, -0.25) is 9.59 Å². The summed E-state index contributed by atoms with van der Waals surface area (Å²) in [6, 6.07) is 15.3. The van der Waals surface area contributed by atoms with Gasteiger partial charge in [0.05, 0.1) is 45.9 Å². The zero-order valence-electron chi connectivity index (χ0n) is 20.5. The number of hydrogen-bond acceptors (Lipinski definition) is 6. The van der Waals surface area contributed by atoms with Gasteiger partial charge in [-0.2, -0.15) is 0 Å². The van der Waals surface area contributed by atoms with Gasteiger partial charge in [-0.05, 0) is 47.5 Å². The smallest absolute Gasteiger partial charge is 0.255 e. The number of anilines is 1. The molecular weight excluding hydrogens is 484 g/mol. The molecule has 188 valence electrons. The SMILES string of the molecule is COc1ccc(NC(=O)CC(c2cc(OC)c(OC)c(OC)c2)N2Cc3ccccc3C2=O)cc1Cl. The van der Waals surface area contributed by atoms with Crippen LogP contribution in [0.5, 0.6) is 23.0 Å². The third-order valence-electron chi connectivity index (χ3n) is 6.11. The molecule has 9 heteroatoms. The Bertz CT molecular complexity index is 1270. The van der Waals surface area contributed by atoms with Crippen LogP contribution < -0.4 is 24.3 Å². The highest BCUT2D eigenvalue weighted by Gasteiger charge is 2.35. The minimum Gasteiger partial charge on any atom is -0.495 e. The molecule has 36 heavy (non-hydrogen) atoms. The normalized spacial score (nSPS) is 13.1. The number of carbonyl (C=O) groups is 2. The van der Waals surface area contributed by atoms with Crippen LogP contribution in [-0.2, 0) is 11.3 Å². The van der Waals surface area contributed by atoms with Gasteiger partial charge in [-0.15, -0.1) is 0 Å². The largest absolute Gasteiger partial charge is 0.495 e. The quantitative estimate of drug-likeness (QED) is 0.431. The number of carbonyl (C=O) groups excluding carboxylic acids is 2. The predicted octanol–water partition coefficient (Wildman–Crippen LogP) is 5.10. The summed E-state index contributed by atoms with van der Waals surface area (Å²) in [5.41, 5.74) is 2.72. The van der Waals surface area contributed by atoms with Gasteiger partial charge >= 0.3 is 0 Å². The van der Waals surface area contributed by atoms with E-state index in [0.717, 1.165) is 5.56 Å². The molecule has 2 amide bonds. The molecule has 1 aliphatic heterocycles. The molecule has 0 radical (unpaired) electrons. The molecule has 0 aliphatic carbocycles. The second-order valence-electron chi connectivity index (χ2n) is 8.17. The summed E-state index contributed by atoms with van der Waals surface area (Å²) in [5.74, 6) is 1.36. The van der Waals surface area contributed by atoms with Crippen molar-refractivity contribution in [3.8, 4) is 23.0 Å². The molecule has 0 spiro atoms. The van der Waals surface area contributed by atoms with E-state index in [1.807, 2.05) is 18.2 Å². The molecule has 0 bridgehead atoms. The van der Waals surface area contributed by atoms with Crippen LogP contribution in [0.4, 0.5) is 5.69 Å². The maximum absolute atomic E-state index is 13.4. The van der Waals surface area contributed by atoms with Gasteiger partial charge in [0, 0.05) is 17.8 Å². The van der Waals surface area contributed by atoms with Crippen molar-refractivity contribution in [2.45, 2.75) is 19.0 Å². The van der Waals surface area contributed by atoms with Gasteiger partial charge in [0.25, 0.3) is 5.91 Å². The summed E-state index contributed by atoms with van der Waals surface area (Å²) in [6.07, 6.45) is -0.0119. The first-order valence-corrected chi connectivity index (χ1v) is 11.6. The van der Waals surface area contributed by atoms with Crippen molar-refractivity contribution in [2.24, 2.45) is 0 Å². The Balaban J connectivity index is 1.70. The summed E-state index contributed by atoms with van der Waals surface area (Å²) in [7, 11) is 6.08. The number of fused-ring (bicyclic) bond motifs is 1. The number of rotatable bonds is 9. The van der Waals surface area contributed by atoms with E-state index in [-0.39, 0.29) is 18.2 Å². The fourth-order valence-corrected chi connectivity index (χ4v) is 4.62. The van der Waals surface area contributed by atoms with Crippen LogP contribution in [0.25, 0.3) is 0 Å². The highest BCUT2D eigenvalue weighted by molar-refractivity contribution is 6.32. The molecule has 3 aromatic rings. The van der Waals surface area contributed by atoms with E-state index in [1.165, 1.54) is 28.4 Å². The van der Waals surface area contributed by atoms with Gasteiger partial charge in [0.15, 0.2) is 11.5 Å². The number of nitrogens with zero attached hydrogens (tertiary/aromatic N) is 1. The van der Waals surface area contributed by atoms with Gasteiger partial charge in [-0.25, -0.2) is 0 Å². The van der Waals surface area contributed by atoms with Crippen molar-refractivity contribution >= 4 is 29.1 Å². The third-order valence-corrected chi connectivity index (χ3v) is 6.41. The number of methoxy groups -OCH3 is 4. The molecule has 0 saturated carbocycles.